The molecule has 1 N–H and O–H groups in total. The summed E-state index contributed by atoms with van der Waals surface area (Å²) in [5.41, 5.74) is 0.602. The van der Waals surface area contributed by atoms with E-state index >= 15 is 0 Å². The summed E-state index contributed by atoms with van der Waals surface area (Å²) in [4.78, 5) is -0.451. The third kappa shape index (κ3) is 3.24. The second kappa shape index (κ2) is 4.24. The zero-order valence-electron chi connectivity index (χ0n) is 7.94. The molecule has 3 nitrogen and oxygen atoms in total. The first kappa shape index (κ1) is 12.1. The van der Waals surface area contributed by atoms with E-state index in [1.807, 2.05) is 0 Å². The molecule has 1 aromatic carbocycles. The van der Waals surface area contributed by atoms with Gasteiger partial charge in [-0.25, -0.2) is 8.78 Å². The van der Waals surface area contributed by atoms with Gasteiger partial charge in [-0.15, -0.1) is 0 Å². The summed E-state index contributed by atoms with van der Waals surface area (Å²) in [5, 5.41) is 0. The average molecular weight is 236 g/mol. The molecule has 0 saturated carbocycles. The lowest BCUT2D eigenvalue weighted by Crippen LogP contribution is -2.07. The fourth-order valence-electron chi connectivity index (χ4n) is 1.29. The normalized spacial score (nSPS) is 12.1. The van der Waals surface area contributed by atoms with Crippen molar-refractivity contribution in [3.05, 3.63) is 29.3 Å². The van der Waals surface area contributed by atoms with Crippen LogP contribution in [0.5, 0.6) is 0 Å². The molecule has 0 heterocycles. The van der Waals surface area contributed by atoms with Crippen molar-refractivity contribution in [1.82, 2.24) is 0 Å². The molecule has 84 valence electrons. The van der Waals surface area contributed by atoms with Crippen molar-refractivity contribution in [3.63, 3.8) is 0 Å². The predicted molar refractivity (Wildman–Crippen MR) is 50.7 cm³/mol. The van der Waals surface area contributed by atoms with Crippen LogP contribution in [0, 0.1) is 6.92 Å². The van der Waals surface area contributed by atoms with Gasteiger partial charge in [-0.1, -0.05) is 17.7 Å². The Kier molecular flexibility index (Phi) is 3.41. The number of aryl methyl sites for hydroxylation is 1. The maximum absolute atomic E-state index is 12.1. The largest absolute Gasteiger partial charge is 0.294 e. The number of halogens is 2. The van der Waals surface area contributed by atoms with Crippen molar-refractivity contribution >= 4 is 10.1 Å². The molecule has 0 aliphatic rings. The molecule has 0 atom stereocenters. The molecular formula is C9H10F2O3S. The Balaban J connectivity index is 3.27. The molecular weight excluding hydrogens is 226 g/mol. The molecule has 6 heteroatoms. The van der Waals surface area contributed by atoms with E-state index in [9.17, 15) is 17.2 Å². The Morgan fingerprint density at radius 3 is 2.47 bits per heavy atom. The molecule has 15 heavy (non-hydrogen) atoms. The van der Waals surface area contributed by atoms with Gasteiger partial charge in [0, 0.05) is 6.42 Å². The van der Waals surface area contributed by atoms with Crippen molar-refractivity contribution in [2.24, 2.45) is 0 Å². The highest BCUT2D eigenvalue weighted by Gasteiger charge is 2.17. The van der Waals surface area contributed by atoms with Crippen molar-refractivity contribution in [2.75, 3.05) is 0 Å². The highest BCUT2D eigenvalue weighted by Crippen LogP contribution is 2.19. The molecule has 0 amide bonds. The average Bonchev–Trinajstić information content (AvgIpc) is 1.99. The number of benzene rings is 1. The highest BCUT2D eigenvalue weighted by molar-refractivity contribution is 7.85. The van der Waals surface area contributed by atoms with E-state index in [0.717, 1.165) is 6.07 Å². The van der Waals surface area contributed by atoms with Crippen molar-refractivity contribution in [2.45, 2.75) is 24.7 Å². The van der Waals surface area contributed by atoms with Crippen molar-refractivity contribution in [1.29, 1.82) is 0 Å². The van der Waals surface area contributed by atoms with E-state index in [-0.39, 0.29) is 5.56 Å². The van der Waals surface area contributed by atoms with Crippen LogP contribution in [0.4, 0.5) is 8.78 Å². The number of hydrogen-bond donors (Lipinski definition) is 1. The Morgan fingerprint density at radius 2 is 2.00 bits per heavy atom. The SMILES string of the molecule is Cc1ccc(S(=O)(=O)O)c(CC(F)F)c1. The number of hydrogen-bond acceptors (Lipinski definition) is 2. The quantitative estimate of drug-likeness (QED) is 0.817. The van der Waals surface area contributed by atoms with Crippen LogP contribution in [-0.2, 0) is 16.5 Å². The van der Waals surface area contributed by atoms with Gasteiger partial charge in [0.05, 0.1) is 4.90 Å². The van der Waals surface area contributed by atoms with Gasteiger partial charge in [0.1, 0.15) is 0 Å². The van der Waals surface area contributed by atoms with Crippen LogP contribution in [0.15, 0.2) is 23.1 Å². The van der Waals surface area contributed by atoms with Crippen molar-refractivity contribution < 1.29 is 21.8 Å². The van der Waals surface area contributed by atoms with Gasteiger partial charge in [0.25, 0.3) is 10.1 Å². The minimum Gasteiger partial charge on any atom is -0.282 e. The molecule has 0 fully saturated rings. The summed E-state index contributed by atoms with van der Waals surface area (Å²) in [6.07, 6.45) is -3.33. The summed E-state index contributed by atoms with van der Waals surface area (Å²) < 4.78 is 54.8. The van der Waals surface area contributed by atoms with Gasteiger partial charge in [-0.05, 0) is 18.6 Å². The molecule has 1 rings (SSSR count). The van der Waals surface area contributed by atoms with Crippen LogP contribution in [-0.4, -0.2) is 19.4 Å². The first-order valence-corrected chi connectivity index (χ1v) is 5.60. The minimum absolute atomic E-state index is 0.0625. The molecule has 0 radical (unpaired) electrons. The van der Waals surface area contributed by atoms with Crippen LogP contribution >= 0.6 is 0 Å². The van der Waals surface area contributed by atoms with Gasteiger partial charge >= 0.3 is 0 Å². The first-order valence-electron chi connectivity index (χ1n) is 4.16. The summed E-state index contributed by atoms with van der Waals surface area (Å²) in [6.45, 7) is 1.66. The zero-order chi connectivity index (χ0) is 11.6. The second-order valence-corrected chi connectivity index (χ2v) is 4.57. The molecule has 0 spiro atoms. The van der Waals surface area contributed by atoms with Gasteiger partial charge in [0.15, 0.2) is 0 Å². The van der Waals surface area contributed by atoms with Crippen LogP contribution in [0.2, 0.25) is 0 Å². The number of rotatable bonds is 3. The topological polar surface area (TPSA) is 54.4 Å². The van der Waals surface area contributed by atoms with Crippen LogP contribution < -0.4 is 0 Å². The maximum atomic E-state index is 12.1. The summed E-state index contributed by atoms with van der Waals surface area (Å²) in [6, 6.07) is 3.90. The Bertz CT molecular complexity index is 454. The Hall–Kier alpha value is -1.01. The molecule has 1 aromatic rings. The van der Waals surface area contributed by atoms with Gasteiger partial charge in [-0.2, -0.15) is 8.42 Å². The predicted octanol–water partition coefficient (Wildman–Crippen LogP) is 2.05. The fraction of sp³-hybridized carbons (Fsp3) is 0.333. The standard InChI is InChI=1S/C9H10F2O3S/c1-6-2-3-8(15(12,13)14)7(4-6)5-9(10)11/h2-4,9H,5H2,1H3,(H,12,13,14). The first-order chi connectivity index (χ1) is 6.80. The molecule has 0 aromatic heterocycles. The van der Waals surface area contributed by atoms with Gasteiger partial charge in [0.2, 0.25) is 6.43 Å². The van der Waals surface area contributed by atoms with Gasteiger partial charge in [-0.3, -0.25) is 4.55 Å². The molecule has 0 bridgehead atoms. The third-order valence-corrected chi connectivity index (χ3v) is 2.82. The smallest absolute Gasteiger partial charge is 0.282 e. The molecule has 0 saturated heterocycles. The third-order valence-electron chi connectivity index (χ3n) is 1.87. The van der Waals surface area contributed by atoms with Crippen LogP contribution in [0.3, 0.4) is 0 Å². The summed E-state index contributed by atoms with van der Waals surface area (Å²) in [5.74, 6) is 0. The van der Waals surface area contributed by atoms with E-state index in [1.165, 1.54) is 12.1 Å². The van der Waals surface area contributed by atoms with E-state index in [4.69, 9.17) is 4.55 Å². The highest BCUT2D eigenvalue weighted by atomic mass is 32.2. The maximum Gasteiger partial charge on any atom is 0.294 e. The Labute approximate surface area is 86.5 Å². The lowest BCUT2D eigenvalue weighted by atomic mass is 10.1. The van der Waals surface area contributed by atoms with Crippen LogP contribution in [0.25, 0.3) is 0 Å². The molecule has 0 unspecified atom stereocenters. The lowest BCUT2D eigenvalue weighted by molar-refractivity contribution is 0.148. The molecule has 0 aliphatic carbocycles. The second-order valence-electron chi connectivity index (χ2n) is 3.18. The number of alkyl halides is 2. The molecule has 0 aliphatic heterocycles. The Morgan fingerprint density at radius 1 is 1.40 bits per heavy atom. The van der Waals surface area contributed by atoms with Gasteiger partial charge < -0.3 is 0 Å². The van der Waals surface area contributed by atoms with E-state index in [0.29, 0.717) is 5.56 Å². The lowest BCUT2D eigenvalue weighted by Gasteiger charge is -2.07. The van der Waals surface area contributed by atoms with Crippen molar-refractivity contribution in [3.8, 4) is 0 Å². The summed E-state index contributed by atoms with van der Waals surface area (Å²) >= 11 is 0. The summed E-state index contributed by atoms with van der Waals surface area (Å²) in [7, 11) is -4.43. The van der Waals surface area contributed by atoms with E-state index in [2.05, 4.69) is 0 Å². The van der Waals surface area contributed by atoms with Crippen LogP contribution in [0.1, 0.15) is 11.1 Å². The minimum atomic E-state index is -4.43. The van der Waals surface area contributed by atoms with E-state index < -0.39 is 27.9 Å². The monoisotopic (exact) mass is 236 g/mol. The fourth-order valence-corrected chi connectivity index (χ4v) is 2.00. The zero-order valence-corrected chi connectivity index (χ0v) is 8.76. The van der Waals surface area contributed by atoms with E-state index in [1.54, 1.807) is 6.92 Å².